The molecule has 2 aliphatic rings. The first-order chi connectivity index (χ1) is 22.3. The Labute approximate surface area is 265 Å². The van der Waals surface area contributed by atoms with Gasteiger partial charge in [0.15, 0.2) is 11.5 Å². The summed E-state index contributed by atoms with van der Waals surface area (Å²) in [5, 5.41) is 92.9. The van der Waals surface area contributed by atoms with E-state index in [2.05, 4.69) is 0 Å². The maximum absolute atomic E-state index is 11.4. The highest BCUT2D eigenvalue weighted by Crippen LogP contribution is 2.43. The van der Waals surface area contributed by atoms with Crippen molar-refractivity contribution in [1.82, 2.24) is 0 Å². The summed E-state index contributed by atoms with van der Waals surface area (Å²) in [6, 6.07) is 7.77. The molecule has 3 aromatic rings. The van der Waals surface area contributed by atoms with Gasteiger partial charge in [-0.1, -0.05) is 0 Å². The summed E-state index contributed by atoms with van der Waals surface area (Å²) in [5.41, 5.74) is 0.214. The molecule has 2 fully saturated rings. The molecular formula is C30H35O17+. The third kappa shape index (κ3) is 6.98. The number of aliphatic hydroxyl groups excluding tert-OH is 7. The van der Waals surface area contributed by atoms with Crippen LogP contribution in [0.2, 0.25) is 0 Å². The first kappa shape index (κ1) is 34.3. The lowest BCUT2D eigenvalue weighted by Crippen LogP contribution is -2.60. The van der Waals surface area contributed by atoms with Crippen molar-refractivity contribution < 1.29 is 83.6 Å². The van der Waals surface area contributed by atoms with Crippen LogP contribution in [-0.4, -0.2) is 134 Å². The highest BCUT2D eigenvalue weighted by Gasteiger charge is 2.47. The molecule has 2 aromatic carbocycles. The average Bonchev–Trinajstić information content (AvgIpc) is 3.04. The first-order valence-corrected chi connectivity index (χ1v) is 14.3. The highest BCUT2D eigenvalue weighted by molar-refractivity contribution is 5.89. The zero-order valence-electron chi connectivity index (χ0n) is 24.9. The molecule has 3 heterocycles. The van der Waals surface area contributed by atoms with Gasteiger partial charge < -0.3 is 74.4 Å². The van der Waals surface area contributed by atoms with Crippen LogP contribution >= 0.6 is 0 Å². The fourth-order valence-electron chi connectivity index (χ4n) is 5.14. The number of fused-ring (bicyclic) bond motifs is 1. The molecule has 17 heteroatoms. The Morgan fingerprint density at radius 1 is 0.787 bits per heavy atom. The molecule has 47 heavy (non-hydrogen) atoms. The number of hydrogen-bond acceptors (Lipinski definition) is 16. The van der Waals surface area contributed by atoms with Crippen LogP contribution in [0.4, 0.5) is 0 Å². The van der Waals surface area contributed by atoms with Crippen molar-refractivity contribution in [2.24, 2.45) is 0 Å². The molecule has 1 aromatic heterocycles. The maximum Gasteiger partial charge on any atom is 0.402 e. The Morgan fingerprint density at radius 3 is 2.02 bits per heavy atom. The molecule has 0 saturated carbocycles. The zero-order valence-corrected chi connectivity index (χ0v) is 24.9. The highest BCUT2D eigenvalue weighted by atomic mass is 16.7. The van der Waals surface area contributed by atoms with Crippen molar-refractivity contribution in [3.63, 3.8) is 0 Å². The Morgan fingerprint density at radius 2 is 1.40 bits per heavy atom. The van der Waals surface area contributed by atoms with Crippen molar-refractivity contribution in [3.8, 4) is 40.1 Å². The third-order valence-corrected chi connectivity index (χ3v) is 7.70. The van der Waals surface area contributed by atoms with Crippen LogP contribution < -0.4 is 14.2 Å². The summed E-state index contributed by atoms with van der Waals surface area (Å²) in [7, 11) is 1.32. The summed E-state index contributed by atoms with van der Waals surface area (Å²) in [6.45, 7) is -0.0768. The van der Waals surface area contributed by atoms with Crippen LogP contribution in [-0.2, 0) is 19.0 Å². The standard InChI is InChI=1S/C30H34O17/c1-11(32)42-10-21-23(36)25(38)27(40)30(47-21)45-19-8-14-16(43-28(19)12-3-4-15(34)18(5-12)41-2)6-13(33)7-17(14)44-29-26(39)24(37)22(35)20(9-31)46-29/h3-8,20-27,29-31,35-40H,9-10H2,1-2H3,(H-,33,34)/p+1/t20?,21?,22-,23-,24+,25?,26?,27?,29-,30-/m1/s1. The molecule has 9 N–H and O–H groups in total. The van der Waals surface area contributed by atoms with E-state index in [1.54, 1.807) is 0 Å². The number of esters is 1. The molecule has 0 spiro atoms. The quantitative estimate of drug-likeness (QED) is 0.0951. The summed E-state index contributed by atoms with van der Waals surface area (Å²) in [5.74, 6) is -1.68. The second kappa shape index (κ2) is 14.0. The number of rotatable bonds is 9. The number of hydrogen-bond donors (Lipinski definition) is 9. The van der Waals surface area contributed by atoms with E-state index in [-0.39, 0.29) is 51.0 Å². The number of benzene rings is 2. The van der Waals surface area contributed by atoms with Crippen LogP contribution in [0.15, 0.2) is 40.8 Å². The lowest BCUT2D eigenvalue weighted by atomic mass is 9.99. The van der Waals surface area contributed by atoms with Gasteiger partial charge in [0.05, 0.1) is 25.3 Å². The van der Waals surface area contributed by atoms with Gasteiger partial charge in [-0.2, -0.15) is 0 Å². The van der Waals surface area contributed by atoms with Crippen LogP contribution in [0.1, 0.15) is 6.92 Å². The van der Waals surface area contributed by atoms with Crippen LogP contribution in [0, 0.1) is 0 Å². The van der Waals surface area contributed by atoms with E-state index in [0.717, 1.165) is 13.0 Å². The molecule has 0 radical (unpaired) electrons. The van der Waals surface area contributed by atoms with E-state index in [0.29, 0.717) is 0 Å². The van der Waals surface area contributed by atoms with Gasteiger partial charge in [-0.3, -0.25) is 4.79 Å². The van der Waals surface area contributed by atoms with Crippen molar-refractivity contribution in [3.05, 3.63) is 36.4 Å². The molecule has 0 amide bonds. The molecule has 0 aliphatic carbocycles. The van der Waals surface area contributed by atoms with E-state index >= 15 is 0 Å². The Kier molecular flexibility index (Phi) is 10.2. The zero-order chi connectivity index (χ0) is 34.2. The predicted molar refractivity (Wildman–Crippen MR) is 154 cm³/mol. The molecular weight excluding hydrogens is 632 g/mol. The van der Waals surface area contributed by atoms with Crippen LogP contribution in [0.5, 0.6) is 28.7 Å². The number of ether oxygens (including phenoxy) is 6. The van der Waals surface area contributed by atoms with Crippen molar-refractivity contribution in [1.29, 1.82) is 0 Å². The van der Waals surface area contributed by atoms with Gasteiger partial charge in [0, 0.05) is 25.1 Å². The number of phenols is 2. The summed E-state index contributed by atoms with van der Waals surface area (Å²) in [6.07, 6.45) is -16.5. The molecule has 17 nitrogen and oxygen atoms in total. The minimum Gasteiger partial charge on any atom is -0.507 e. The second-order valence-corrected chi connectivity index (χ2v) is 10.9. The Balaban J connectivity index is 1.60. The number of carbonyl (C=O) groups is 1. The lowest BCUT2D eigenvalue weighted by molar-refractivity contribution is -0.278. The number of phenolic OH excluding ortho intramolecular Hbond substituents is 2. The van der Waals surface area contributed by atoms with Gasteiger partial charge >= 0.3 is 17.3 Å². The molecule has 2 saturated heterocycles. The largest absolute Gasteiger partial charge is 0.507 e. The number of carbonyl (C=O) groups excluding carboxylic acids is 1. The topological polar surface area (TPSA) is 266 Å². The lowest BCUT2D eigenvalue weighted by Gasteiger charge is -2.39. The van der Waals surface area contributed by atoms with E-state index in [1.807, 2.05) is 0 Å². The number of aromatic hydroxyl groups is 2. The smallest absolute Gasteiger partial charge is 0.402 e. The minimum atomic E-state index is -1.83. The SMILES string of the molecule is COc1cc(-c2[o+]c3cc(O)cc(O[C@@H]4OC(CO)[C@@H](O)[C@H](O)C4O)c3cc2O[C@@H]2OC(COC(C)=O)[C@@H](O)C(O)C2O)ccc1O. The summed E-state index contributed by atoms with van der Waals surface area (Å²) < 4.78 is 39.1. The molecule has 0 bridgehead atoms. The van der Waals surface area contributed by atoms with Crippen LogP contribution in [0.25, 0.3) is 22.3 Å². The fraction of sp³-hybridized carbons (Fsp3) is 0.467. The van der Waals surface area contributed by atoms with E-state index in [1.165, 1.54) is 37.4 Å². The minimum absolute atomic E-state index is 0.0349. The number of methoxy groups -OCH3 is 1. The second-order valence-electron chi connectivity index (χ2n) is 10.9. The van der Waals surface area contributed by atoms with Crippen molar-refractivity contribution in [2.75, 3.05) is 20.3 Å². The first-order valence-electron chi connectivity index (χ1n) is 14.3. The normalized spacial score (nSPS) is 30.9. The van der Waals surface area contributed by atoms with Gasteiger partial charge in [-0.25, -0.2) is 4.42 Å². The fourth-order valence-corrected chi connectivity index (χ4v) is 5.14. The van der Waals surface area contributed by atoms with E-state index < -0.39 is 80.6 Å². The van der Waals surface area contributed by atoms with Gasteiger partial charge in [-0.15, -0.1) is 0 Å². The summed E-state index contributed by atoms with van der Waals surface area (Å²) >= 11 is 0. The Bertz CT molecular complexity index is 1580. The van der Waals surface area contributed by atoms with Crippen molar-refractivity contribution in [2.45, 2.75) is 68.3 Å². The molecule has 5 unspecified atom stereocenters. The monoisotopic (exact) mass is 667 g/mol. The van der Waals surface area contributed by atoms with E-state index in [9.17, 15) is 50.8 Å². The maximum atomic E-state index is 11.4. The average molecular weight is 668 g/mol. The van der Waals surface area contributed by atoms with Gasteiger partial charge in [0.2, 0.25) is 18.3 Å². The molecule has 256 valence electrons. The predicted octanol–water partition coefficient (Wildman–Crippen LogP) is -1.27. The third-order valence-electron chi connectivity index (χ3n) is 7.70. The van der Waals surface area contributed by atoms with Crippen molar-refractivity contribution >= 4 is 16.9 Å². The van der Waals surface area contributed by atoms with Gasteiger partial charge in [0.25, 0.3) is 0 Å². The number of aliphatic hydroxyl groups is 7. The molecule has 10 atom stereocenters. The molecule has 5 rings (SSSR count). The molecule has 2 aliphatic heterocycles. The summed E-state index contributed by atoms with van der Waals surface area (Å²) in [4.78, 5) is 11.4. The van der Waals surface area contributed by atoms with Gasteiger partial charge in [0.1, 0.15) is 72.3 Å². The Hall–Kier alpha value is -4.04. The van der Waals surface area contributed by atoms with Crippen LogP contribution in [0.3, 0.4) is 0 Å². The van der Waals surface area contributed by atoms with E-state index in [4.69, 9.17) is 32.8 Å². The van der Waals surface area contributed by atoms with Gasteiger partial charge in [-0.05, 0) is 12.1 Å².